The second kappa shape index (κ2) is 4.45. The lowest BCUT2D eigenvalue weighted by Gasteiger charge is -2.00. The van der Waals surface area contributed by atoms with Gasteiger partial charge in [0.05, 0.1) is 0 Å². The minimum Gasteiger partial charge on any atom is -0.772 e. The zero-order chi connectivity index (χ0) is 8.15. The summed E-state index contributed by atoms with van der Waals surface area (Å²) >= 11 is -2.46. The third-order valence-corrected chi connectivity index (χ3v) is 1.23. The van der Waals surface area contributed by atoms with Crippen molar-refractivity contribution in [1.82, 2.24) is 0 Å². The lowest BCUT2D eigenvalue weighted by Crippen LogP contribution is -1.95. The van der Waals surface area contributed by atoms with Gasteiger partial charge in [0.1, 0.15) is 0 Å². The molecule has 2 nitrogen and oxygen atoms in total. The molecule has 0 heterocycles. The van der Waals surface area contributed by atoms with Crippen molar-refractivity contribution in [3.63, 3.8) is 0 Å². The second-order valence-electron chi connectivity index (χ2n) is 1.42. The van der Waals surface area contributed by atoms with Gasteiger partial charge in [-0.15, -0.1) is 0 Å². The normalized spacial score (nSPS) is 12.8. The van der Waals surface area contributed by atoms with Crippen molar-refractivity contribution >= 4 is 11.1 Å². The molecule has 0 aromatic rings. The first-order chi connectivity index (χ1) is 4.54. The van der Waals surface area contributed by atoms with E-state index in [1.807, 2.05) is 0 Å². The fourth-order valence-electron chi connectivity index (χ4n) is 0.267. The largest absolute Gasteiger partial charge is 0.772 e. The monoisotopic (exact) mass is 173 g/mol. The van der Waals surface area contributed by atoms with E-state index in [1.165, 1.54) is 0 Å². The zero-order valence-electron chi connectivity index (χ0n) is 4.77. The van der Waals surface area contributed by atoms with Crippen LogP contribution in [-0.2, 0) is 11.1 Å². The van der Waals surface area contributed by atoms with Crippen molar-refractivity contribution in [1.29, 1.82) is 0 Å². The molecule has 0 N–H and O–H groups in total. The Morgan fingerprint density at radius 2 is 1.90 bits per heavy atom. The van der Waals surface area contributed by atoms with Gasteiger partial charge in [0.2, 0.25) is 0 Å². The molecule has 0 aliphatic carbocycles. The Kier molecular flexibility index (Phi) is 4.29. The minimum absolute atomic E-state index is 0.608. The van der Waals surface area contributed by atoms with E-state index in [0.717, 1.165) is 0 Å². The molecule has 0 aliphatic rings. The molecule has 6 heteroatoms. The fourth-order valence-corrected chi connectivity index (χ4v) is 0.613. The van der Waals surface area contributed by atoms with Gasteiger partial charge in [-0.3, -0.25) is 4.21 Å². The summed E-state index contributed by atoms with van der Waals surface area (Å²) in [5.41, 5.74) is 0. The van der Waals surface area contributed by atoms with Crippen LogP contribution >= 0.6 is 0 Å². The summed E-state index contributed by atoms with van der Waals surface area (Å²) in [5.74, 6) is -2.27. The van der Waals surface area contributed by atoms with E-state index in [4.69, 9.17) is 0 Å². The summed E-state index contributed by atoms with van der Waals surface area (Å²) < 4.78 is 53.5. The molecule has 0 radical (unpaired) electrons. The van der Waals surface area contributed by atoms with Gasteiger partial charge < -0.3 is 4.55 Å². The highest BCUT2D eigenvalue weighted by Gasteiger charge is 2.03. The van der Waals surface area contributed by atoms with Crippen molar-refractivity contribution in [3.05, 3.63) is 11.9 Å². The quantitative estimate of drug-likeness (QED) is 0.604. The first-order valence-electron chi connectivity index (χ1n) is 2.29. The van der Waals surface area contributed by atoms with E-state index in [9.17, 15) is 21.9 Å². The summed E-state index contributed by atoms with van der Waals surface area (Å²) in [6.45, 7) is 0. The Morgan fingerprint density at radius 3 is 2.20 bits per heavy atom. The third-order valence-electron chi connectivity index (χ3n) is 0.693. The maximum Gasteiger partial charge on any atom is 0.301 e. The van der Waals surface area contributed by atoms with Gasteiger partial charge >= 0.3 is 6.08 Å². The Morgan fingerprint density at radius 1 is 1.40 bits per heavy atom. The lowest BCUT2D eigenvalue weighted by molar-refractivity contribution is 0.373. The molecule has 0 rings (SSSR count). The highest BCUT2D eigenvalue weighted by Crippen LogP contribution is 2.12. The van der Waals surface area contributed by atoms with Crippen LogP contribution in [0.2, 0.25) is 0 Å². The maximum absolute atomic E-state index is 11.7. The van der Waals surface area contributed by atoms with E-state index in [-0.39, 0.29) is 0 Å². The molecule has 0 aliphatic heterocycles. The van der Waals surface area contributed by atoms with Gasteiger partial charge in [-0.25, -0.2) is 4.39 Å². The predicted octanol–water partition coefficient (Wildman–Crippen LogP) is 1.33. The first-order valence-corrected chi connectivity index (χ1v) is 3.54. The van der Waals surface area contributed by atoms with E-state index < -0.39 is 35.2 Å². The average Bonchev–Trinajstić information content (AvgIpc) is 1.82. The van der Waals surface area contributed by atoms with Gasteiger partial charge in [0.15, 0.2) is 5.83 Å². The smallest absolute Gasteiger partial charge is 0.301 e. The molecular weight excluding hydrogens is 169 g/mol. The van der Waals surface area contributed by atoms with Crippen LogP contribution < -0.4 is 0 Å². The molecule has 0 bridgehead atoms. The molecule has 10 heavy (non-hydrogen) atoms. The standard InChI is InChI=1S/C4H5F3O2S/c5-3(4(6)7)1-2-10(8)9/h1-2H2,(H,8,9)/p-1. The molecular formula is C4H4F3O2S-. The van der Waals surface area contributed by atoms with Crippen LogP contribution in [-0.4, -0.2) is 14.5 Å². The molecule has 0 fully saturated rings. The van der Waals surface area contributed by atoms with Crippen LogP contribution in [0, 0.1) is 0 Å². The van der Waals surface area contributed by atoms with Crippen LogP contribution in [0.25, 0.3) is 0 Å². The zero-order valence-corrected chi connectivity index (χ0v) is 5.59. The van der Waals surface area contributed by atoms with Crippen molar-refractivity contribution in [2.24, 2.45) is 0 Å². The lowest BCUT2D eigenvalue weighted by atomic mass is 10.4. The highest BCUT2D eigenvalue weighted by molar-refractivity contribution is 7.79. The number of allylic oxidation sites excluding steroid dienone is 1. The van der Waals surface area contributed by atoms with E-state index in [1.54, 1.807) is 0 Å². The number of rotatable bonds is 3. The number of hydrogen-bond acceptors (Lipinski definition) is 2. The Balaban J connectivity index is 3.71. The average molecular weight is 173 g/mol. The second-order valence-corrected chi connectivity index (χ2v) is 2.44. The van der Waals surface area contributed by atoms with Crippen molar-refractivity contribution < 1.29 is 21.9 Å². The topological polar surface area (TPSA) is 40.1 Å². The summed E-state index contributed by atoms with van der Waals surface area (Å²) in [7, 11) is 0. The van der Waals surface area contributed by atoms with Crippen LogP contribution in [0.5, 0.6) is 0 Å². The Labute approximate surface area is 58.0 Å². The summed E-state index contributed by atoms with van der Waals surface area (Å²) in [4.78, 5) is 0. The van der Waals surface area contributed by atoms with Gasteiger partial charge in [-0.1, -0.05) is 11.1 Å². The molecule has 0 aromatic heterocycles. The molecule has 0 spiro atoms. The van der Waals surface area contributed by atoms with Crippen LogP contribution in [0.15, 0.2) is 11.9 Å². The molecule has 1 atom stereocenters. The van der Waals surface area contributed by atoms with Gasteiger partial charge in [0, 0.05) is 12.2 Å². The van der Waals surface area contributed by atoms with Crippen molar-refractivity contribution in [2.75, 3.05) is 5.75 Å². The number of hydrogen-bond donors (Lipinski definition) is 0. The molecule has 0 saturated carbocycles. The highest BCUT2D eigenvalue weighted by atomic mass is 32.2. The first kappa shape index (κ1) is 9.64. The molecule has 0 aromatic carbocycles. The number of halogens is 3. The van der Waals surface area contributed by atoms with E-state index in [0.29, 0.717) is 0 Å². The van der Waals surface area contributed by atoms with Gasteiger partial charge in [0.25, 0.3) is 0 Å². The van der Waals surface area contributed by atoms with Gasteiger partial charge in [-0.2, -0.15) is 8.78 Å². The summed E-state index contributed by atoms with van der Waals surface area (Å²) in [5, 5.41) is 0. The maximum atomic E-state index is 11.7. The minimum atomic E-state index is -2.46. The van der Waals surface area contributed by atoms with E-state index >= 15 is 0 Å². The fraction of sp³-hybridized carbons (Fsp3) is 0.500. The van der Waals surface area contributed by atoms with Crippen molar-refractivity contribution in [3.8, 4) is 0 Å². The summed E-state index contributed by atoms with van der Waals surface area (Å²) in [6.07, 6.45) is -3.20. The molecule has 0 amide bonds. The molecule has 0 saturated heterocycles. The van der Waals surface area contributed by atoms with E-state index in [2.05, 4.69) is 0 Å². The molecule has 1 unspecified atom stereocenters. The summed E-state index contributed by atoms with van der Waals surface area (Å²) in [6, 6.07) is 0. The third kappa shape index (κ3) is 4.51. The van der Waals surface area contributed by atoms with Crippen LogP contribution in [0.3, 0.4) is 0 Å². The van der Waals surface area contributed by atoms with Crippen LogP contribution in [0.4, 0.5) is 13.2 Å². The van der Waals surface area contributed by atoms with Crippen molar-refractivity contribution in [2.45, 2.75) is 6.42 Å². The predicted molar refractivity (Wildman–Crippen MR) is 28.8 cm³/mol. The Hall–Kier alpha value is -0.360. The SMILES string of the molecule is O=S([O-])CCC(F)=C(F)F. The van der Waals surface area contributed by atoms with Crippen LogP contribution in [0.1, 0.15) is 6.42 Å². The van der Waals surface area contributed by atoms with Gasteiger partial charge in [-0.05, 0) is 0 Å². The Bertz CT molecular complexity index is 164. The molecule has 60 valence electrons.